The highest BCUT2D eigenvalue weighted by atomic mass is 16.2. The number of nitrogens with two attached hydrogens (primary N) is 1. The van der Waals surface area contributed by atoms with Crippen LogP contribution in [0.15, 0.2) is 0 Å². The Bertz CT molecular complexity index is 338. The summed E-state index contributed by atoms with van der Waals surface area (Å²) >= 11 is 0. The van der Waals surface area contributed by atoms with Gasteiger partial charge in [0, 0.05) is 13.1 Å². The van der Waals surface area contributed by atoms with Crippen molar-refractivity contribution < 1.29 is 4.79 Å². The van der Waals surface area contributed by atoms with Crippen LogP contribution in [0.2, 0.25) is 0 Å². The fraction of sp³-hybridized carbons (Fsp3) is 0.938. The van der Waals surface area contributed by atoms with E-state index in [0.29, 0.717) is 6.04 Å². The lowest BCUT2D eigenvalue weighted by Gasteiger charge is -2.56. The minimum atomic E-state index is -0.331. The molecule has 1 amide bonds. The summed E-state index contributed by atoms with van der Waals surface area (Å²) < 4.78 is 0. The van der Waals surface area contributed by atoms with Crippen molar-refractivity contribution in [1.82, 2.24) is 4.90 Å². The molecule has 0 aromatic heterocycles. The number of rotatable bonds is 3. The van der Waals surface area contributed by atoms with Gasteiger partial charge in [-0.3, -0.25) is 4.79 Å². The van der Waals surface area contributed by atoms with Crippen LogP contribution in [0.4, 0.5) is 0 Å². The predicted octanol–water partition coefficient (Wildman–Crippen LogP) is 2.25. The molecule has 108 valence electrons. The van der Waals surface area contributed by atoms with Crippen LogP contribution in [-0.4, -0.2) is 29.9 Å². The van der Waals surface area contributed by atoms with E-state index in [1.807, 2.05) is 25.8 Å². The largest absolute Gasteiger partial charge is 0.341 e. The molecule has 0 heterocycles. The Kier molecular flexibility index (Phi) is 3.36. The molecule has 4 bridgehead atoms. The first-order valence-corrected chi connectivity index (χ1v) is 7.99. The SMILES string of the molecule is CC(C)[C@H](N)C(=O)N(C)C1C2CC3CC(C2)CC1C3. The van der Waals surface area contributed by atoms with Gasteiger partial charge in [0.15, 0.2) is 0 Å². The first-order chi connectivity index (χ1) is 8.97. The zero-order valence-corrected chi connectivity index (χ0v) is 12.5. The first kappa shape index (κ1) is 13.4. The Morgan fingerprint density at radius 3 is 1.95 bits per heavy atom. The minimum Gasteiger partial charge on any atom is -0.341 e. The maximum absolute atomic E-state index is 12.5. The van der Waals surface area contributed by atoms with Crippen molar-refractivity contribution in [1.29, 1.82) is 0 Å². The van der Waals surface area contributed by atoms with Crippen LogP contribution in [0.3, 0.4) is 0 Å². The number of carbonyl (C=O) groups excluding carboxylic acids is 1. The number of amides is 1. The van der Waals surface area contributed by atoms with Crippen molar-refractivity contribution in [3.05, 3.63) is 0 Å². The zero-order valence-electron chi connectivity index (χ0n) is 12.5. The molecule has 4 rings (SSSR count). The van der Waals surface area contributed by atoms with Crippen molar-refractivity contribution >= 4 is 5.91 Å². The summed E-state index contributed by atoms with van der Waals surface area (Å²) in [6.07, 6.45) is 6.87. The molecule has 4 aliphatic rings. The Hall–Kier alpha value is -0.570. The molecule has 0 aromatic rings. The maximum atomic E-state index is 12.5. The van der Waals surface area contributed by atoms with E-state index >= 15 is 0 Å². The van der Waals surface area contributed by atoms with Gasteiger partial charge in [0.25, 0.3) is 0 Å². The summed E-state index contributed by atoms with van der Waals surface area (Å²) in [4.78, 5) is 14.5. The molecule has 3 nitrogen and oxygen atoms in total. The highest BCUT2D eigenvalue weighted by molar-refractivity contribution is 5.82. The van der Waals surface area contributed by atoms with E-state index in [1.54, 1.807) is 0 Å². The predicted molar refractivity (Wildman–Crippen MR) is 76.4 cm³/mol. The van der Waals surface area contributed by atoms with Gasteiger partial charge in [0.1, 0.15) is 0 Å². The van der Waals surface area contributed by atoms with Gasteiger partial charge >= 0.3 is 0 Å². The molecule has 0 spiro atoms. The van der Waals surface area contributed by atoms with Crippen LogP contribution in [0.5, 0.6) is 0 Å². The Morgan fingerprint density at radius 1 is 1.05 bits per heavy atom. The quantitative estimate of drug-likeness (QED) is 0.850. The van der Waals surface area contributed by atoms with Gasteiger partial charge in [-0.25, -0.2) is 0 Å². The number of hydrogen-bond acceptors (Lipinski definition) is 2. The Balaban J connectivity index is 1.73. The summed E-state index contributed by atoms with van der Waals surface area (Å²) in [5, 5.41) is 0. The van der Waals surface area contributed by atoms with E-state index in [2.05, 4.69) is 0 Å². The van der Waals surface area contributed by atoms with E-state index in [-0.39, 0.29) is 17.9 Å². The van der Waals surface area contributed by atoms with E-state index in [9.17, 15) is 4.79 Å². The summed E-state index contributed by atoms with van der Waals surface area (Å²) in [7, 11) is 2.00. The normalized spacial score (nSPS) is 41.6. The minimum absolute atomic E-state index is 0.160. The van der Waals surface area contributed by atoms with Crippen molar-refractivity contribution in [3.63, 3.8) is 0 Å². The number of nitrogens with zero attached hydrogens (tertiary/aromatic N) is 1. The van der Waals surface area contributed by atoms with Gasteiger partial charge in [-0.1, -0.05) is 13.8 Å². The summed E-state index contributed by atoms with van der Waals surface area (Å²) in [5.74, 6) is 3.82. The zero-order chi connectivity index (χ0) is 13.7. The van der Waals surface area contributed by atoms with Crippen LogP contribution in [0, 0.1) is 29.6 Å². The molecule has 3 heteroatoms. The van der Waals surface area contributed by atoms with Crippen molar-refractivity contribution in [2.24, 2.45) is 35.3 Å². The lowest BCUT2D eigenvalue weighted by atomic mass is 9.54. The first-order valence-electron chi connectivity index (χ1n) is 7.99. The van der Waals surface area contributed by atoms with Gasteiger partial charge in [-0.2, -0.15) is 0 Å². The monoisotopic (exact) mass is 264 g/mol. The molecule has 4 saturated carbocycles. The van der Waals surface area contributed by atoms with Gasteiger partial charge in [-0.05, 0) is 61.7 Å². The second kappa shape index (κ2) is 4.76. The molecule has 0 aromatic carbocycles. The van der Waals surface area contributed by atoms with Crippen LogP contribution in [0.25, 0.3) is 0 Å². The van der Waals surface area contributed by atoms with E-state index < -0.39 is 0 Å². The lowest BCUT2D eigenvalue weighted by Crippen LogP contribution is -2.59. The highest BCUT2D eigenvalue weighted by Crippen LogP contribution is 2.54. The second-order valence-corrected chi connectivity index (χ2v) is 7.64. The van der Waals surface area contributed by atoms with Crippen molar-refractivity contribution in [3.8, 4) is 0 Å². The average Bonchev–Trinajstić information content (AvgIpc) is 2.35. The Morgan fingerprint density at radius 2 is 1.53 bits per heavy atom. The molecule has 0 saturated heterocycles. The van der Waals surface area contributed by atoms with Gasteiger partial charge in [0.05, 0.1) is 6.04 Å². The third-order valence-corrected chi connectivity index (χ3v) is 5.98. The fourth-order valence-corrected chi connectivity index (χ4v) is 5.20. The van der Waals surface area contributed by atoms with Gasteiger partial charge < -0.3 is 10.6 Å². The number of carbonyl (C=O) groups is 1. The smallest absolute Gasteiger partial charge is 0.239 e. The standard InChI is InChI=1S/C16H28N2O/c1-9(2)14(17)16(19)18(3)15-12-5-10-4-11(7-12)8-13(15)6-10/h9-15H,4-8,17H2,1-3H3/t10?,11?,12?,13?,14-,15?/m0/s1. The fourth-order valence-electron chi connectivity index (χ4n) is 5.20. The molecule has 0 radical (unpaired) electrons. The van der Waals surface area contributed by atoms with Crippen LogP contribution < -0.4 is 5.73 Å². The molecule has 2 N–H and O–H groups in total. The Labute approximate surface area is 116 Å². The topological polar surface area (TPSA) is 46.3 Å². The van der Waals surface area contributed by atoms with Crippen LogP contribution >= 0.6 is 0 Å². The molecule has 0 unspecified atom stereocenters. The molecular formula is C16H28N2O. The summed E-state index contributed by atoms with van der Waals surface area (Å²) in [6.45, 7) is 4.07. The van der Waals surface area contributed by atoms with E-state index in [4.69, 9.17) is 5.73 Å². The third kappa shape index (κ3) is 2.20. The van der Waals surface area contributed by atoms with Crippen molar-refractivity contribution in [2.45, 2.75) is 58.0 Å². The lowest BCUT2D eigenvalue weighted by molar-refractivity contribution is -0.143. The van der Waals surface area contributed by atoms with Gasteiger partial charge in [0.2, 0.25) is 5.91 Å². The molecular weight excluding hydrogens is 236 g/mol. The van der Waals surface area contributed by atoms with E-state index in [0.717, 1.165) is 23.7 Å². The highest BCUT2D eigenvalue weighted by Gasteiger charge is 2.50. The molecule has 19 heavy (non-hydrogen) atoms. The second-order valence-electron chi connectivity index (χ2n) is 7.64. The molecule has 4 aliphatic carbocycles. The maximum Gasteiger partial charge on any atom is 0.239 e. The number of hydrogen-bond donors (Lipinski definition) is 1. The third-order valence-electron chi connectivity index (χ3n) is 5.98. The number of likely N-dealkylation sites (N-methyl/N-ethyl adjacent to an activating group) is 1. The van der Waals surface area contributed by atoms with Crippen molar-refractivity contribution in [2.75, 3.05) is 7.05 Å². The summed E-state index contributed by atoms with van der Waals surface area (Å²) in [6, 6.07) is 0.146. The van der Waals surface area contributed by atoms with E-state index in [1.165, 1.54) is 32.1 Å². The molecule has 4 fully saturated rings. The summed E-state index contributed by atoms with van der Waals surface area (Å²) in [5.41, 5.74) is 6.06. The van der Waals surface area contributed by atoms with Crippen LogP contribution in [0.1, 0.15) is 46.0 Å². The van der Waals surface area contributed by atoms with Gasteiger partial charge in [-0.15, -0.1) is 0 Å². The molecule has 1 atom stereocenters. The average molecular weight is 264 g/mol. The molecule has 0 aliphatic heterocycles. The van der Waals surface area contributed by atoms with Crippen LogP contribution in [-0.2, 0) is 4.79 Å².